The summed E-state index contributed by atoms with van der Waals surface area (Å²) >= 11 is 1.52. The number of carbonyl (C=O) groups is 2. The van der Waals surface area contributed by atoms with E-state index in [2.05, 4.69) is 10.5 Å². The van der Waals surface area contributed by atoms with E-state index in [0.717, 1.165) is 4.88 Å². The van der Waals surface area contributed by atoms with Crippen LogP contribution in [0.5, 0.6) is 11.5 Å². The van der Waals surface area contributed by atoms with Gasteiger partial charge in [-0.15, -0.1) is 11.3 Å². The van der Waals surface area contributed by atoms with Gasteiger partial charge in [0.15, 0.2) is 17.3 Å². The van der Waals surface area contributed by atoms with Gasteiger partial charge in [-0.1, -0.05) is 11.2 Å². The first-order valence-corrected chi connectivity index (χ1v) is 8.90. The first-order chi connectivity index (χ1) is 13.2. The topological polar surface area (TPSA) is 99.9 Å². The molecule has 3 aromatic rings. The van der Waals surface area contributed by atoms with Crippen LogP contribution in [0.4, 0.5) is 0 Å². The van der Waals surface area contributed by atoms with Crippen LogP contribution in [0, 0.1) is 0 Å². The summed E-state index contributed by atoms with van der Waals surface area (Å²) in [5.74, 6) is 0.710. The van der Waals surface area contributed by atoms with Crippen molar-refractivity contribution in [3.05, 3.63) is 53.0 Å². The van der Waals surface area contributed by atoms with Gasteiger partial charge in [-0.25, -0.2) is 0 Å². The van der Waals surface area contributed by atoms with Gasteiger partial charge in [-0.3, -0.25) is 9.59 Å². The Hall–Kier alpha value is -3.33. The molecule has 0 unspecified atom stereocenters. The lowest BCUT2D eigenvalue weighted by atomic mass is 10.2. The largest absolute Gasteiger partial charge is 0.458 e. The molecule has 4 rings (SSSR count). The molecule has 0 fully saturated rings. The molecule has 8 nitrogen and oxygen atoms in total. The molecule has 0 saturated heterocycles. The second kappa shape index (κ2) is 7.50. The first-order valence-electron chi connectivity index (χ1n) is 8.02. The third-order valence-corrected chi connectivity index (χ3v) is 4.62. The molecule has 0 aliphatic carbocycles. The molecular formula is C18H14N2O6S. The van der Waals surface area contributed by atoms with Crippen LogP contribution in [-0.2, 0) is 16.1 Å². The molecule has 3 heterocycles. The van der Waals surface area contributed by atoms with Crippen molar-refractivity contribution in [1.29, 1.82) is 0 Å². The summed E-state index contributed by atoms with van der Waals surface area (Å²) in [7, 11) is 0. The highest BCUT2D eigenvalue weighted by atomic mass is 32.1. The lowest BCUT2D eigenvalue weighted by Crippen LogP contribution is -2.30. The van der Waals surface area contributed by atoms with Crippen molar-refractivity contribution in [3.63, 3.8) is 0 Å². The van der Waals surface area contributed by atoms with Crippen LogP contribution in [0.2, 0.25) is 0 Å². The maximum Gasteiger partial charge on any atom is 0.325 e. The molecule has 2 aromatic heterocycles. The zero-order chi connectivity index (χ0) is 18.6. The Morgan fingerprint density at radius 3 is 2.93 bits per heavy atom. The number of nitrogens with one attached hydrogen (secondary N) is 1. The SMILES string of the molecule is O=C(CNC(=O)c1ccc2c(c1)OCO2)OCc1cc(-c2cccs2)on1. The van der Waals surface area contributed by atoms with E-state index in [1.54, 1.807) is 24.3 Å². The van der Waals surface area contributed by atoms with Crippen molar-refractivity contribution < 1.29 is 28.3 Å². The normalized spacial score (nSPS) is 12.0. The maximum atomic E-state index is 12.1. The zero-order valence-electron chi connectivity index (χ0n) is 14.0. The molecule has 0 atom stereocenters. The Bertz CT molecular complexity index is 966. The van der Waals surface area contributed by atoms with Gasteiger partial charge in [0.2, 0.25) is 6.79 Å². The second-order valence-corrected chi connectivity index (χ2v) is 6.52. The zero-order valence-corrected chi connectivity index (χ0v) is 14.8. The lowest BCUT2D eigenvalue weighted by molar-refractivity contribution is -0.143. The van der Waals surface area contributed by atoms with Gasteiger partial charge in [-0.2, -0.15) is 0 Å². The van der Waals surface area contributed by atoms with Crippen LogP contribution in [0.1, 0.15) is 16.1 Å². The van der Waals surface area contributed by atoms with Crippen molar-refractivity contribution in [2.24, 2.45) is 0 Å². The molecule has 1 aromatic carbocycles. The monoisotopic (exact) mass is 386 g/mol. The van der Waals surface area contributed by atoms with Crippen molar-refractivity contribution in [1.82, 2.24) is 10.5 Å². The molecule has 138 valence electrons. The van der Waals surface area contributed by atoms with Gasteiger partial charge < -0.3 is 24.1 Å². The number of carbonyl (C=O) groups excluding carboxylic acids is 2. The van der Waals surface area contributed by atoms with Gasteiger partial charge in [-0.05, 0) is 29.6 Å². The van der Waals surface area contributed by atoms with Crippen molar-refractivity contribution in [3.8, 4) is 22.1 Å². The number of fused-ring (bicyclic) bond motifs is 1. The highest BCUT2D eigenvalue weighted by Gasteiger charge is 2.17. The predicted octanol–water partition coefficient (Wildman–Crippen LogP) is 2.61. The van der Waals surface area contributed by atoms with Crippen LogP contribution in [0.15, 0.2) is 46.3 Å². The molecule has 1 aliphatic heterocycles. The molecular weight excluding hydrogens is 372 g/mol. The molecule has 0 radical (unpaired) electrons. The van der Waals surface area contributed by atoms with E-state index >= 15 is 0 Å². The first kappa shape index (κ1) is 17.1. The lowest BCUT2D eigenvalue weighted by Gasteiger charge is -2.06. The highest BCUT2D eigenvalue weighted by Crippen LogP contribution is 2.32. The fraction of sp³-hybridized carbons (Fsp3) is 0.167. The molecule has 0 spiro atoms. The average Bonchev–Trinajstić information content (AvgIpc) is 3.44. The number of benzene rings is 1. The third-order valence-electron chi connectivity index (χ3n) is 3.73. The molecule has 1 aliphatic rings. The summed E-state index contributed by atoms with van der Waals surface area (Å²) in [5.41, 5.74) is 0.859. The van der Waals surface area contributed by atoms with Crippen LogP contribution in [0.3, 0.4) is 0 Å². The summed E-state index contributed by atoms with van der Waals surface area (Å²) < 4.78 is 20.7. The second-order valence-electron chi connectivity index (χ2n) is 5.57. The third kappa shape index (κ3) is 3.93. The average molecular weight is 386 g/mol. The van der Waals surface area contributed by atoms with E-state index < -0.39 is 11.9 Å². The Morgan fingerprint density at radius 1 is 1.19 bits per heavy atom. The molecule has 0 bridgehead atoms. The number of nitrogens with zero attached hydrogens (tertiary/aromatic N) is 1. The molecule has 9 heteroatoms. The fourth-order valence-electron chi connectivity index (χ4n) is 2.41. The Labute approximate surface area is 157 Å². The van der Waals surface area contributed by atoms with Gasteiger partial charge in [0, 0.05) is 11.6 Å². The number of hydrogen-bond donors (Lipinski definition) is 1. The molecule has 27 heavy (non-hydrogen) atoms. The highest BCUT2D eigenvalue weighted by molar-refractivity contribution is 7.13. The molecule has 0 saturated carbocycles. The van der Waals surface area contributed by atoms with E-state index in [-0.39, 0.29) is 19.9 Å². The minimum atomic E-state index is -0.579. The van der Waals surface area contributed by atoms with Crippen LogP contribution < -0.4 is 14.8 Å². The number of thiophene rings is 1. The molecule has 1 amide bonds. The van der Waals surface area contributed by atoms with Crippen molar-refractivity contribution >= 4 is 23.2 Å². The van der Waals surface area contributed by atoms with Crippen LogP contribution in [-0.4, -0.2) is 30.4 Å². The number of aromatic nitrogens is 1. The van der Waals surface area contributed by atoms with E-state index in [1.807, 2.05) is 17.5 Å². The Kier molecular flexibility index (Phi) is 4.75. The Morgan fingerprint density at radius 2 is 2.07 bits per heavy atom. The van der Waals surface area contributed by atoms with E-state index in [9.17, 15) is 9.59 Å². The van der Waals surface area contributed by atoms with Crippen molar-refractivity contribution in [2.45, 2.75) is 6.61 Å². The van der Waals surface area contributed by atoms with Gasteiger partial charge in [0.05, 0.1) is 4.88 Å². The molecule has 1 N–H and O–H groups in total. The summed E-state index contributed by atoms with van der Waals surface area (Å²) in [5, 5.41) is 8.29. The summed E-state index contributed by atoms with van der Waals surface area (Å²) in [4.78, 5) is 24.9. The summed E-state index contributed by atoms with van der Waals surface area (Å²) in [6.07, 6.45) is 0. The minimum Gasteiger partial charge on any atom is -0.458 e. The minimum absolute atomic E-state index is 0.0341. The van der Waals surface area contributed by atoms with E-state index in [1.165, 1.54) is 11.3 Å². The number of amides is 1. The standard InChI is InChI=1S/C18H14N2O6S/c21-17(23-9-12-7-15(26-20-12)16-2-1-5-27-16)8-19-18(22)11-3-4-13-14(6-11)25-10-24-13/h1-7H,8-10H2,(H,19,22). The number of ether oxygens (including phenoxy) is 3. The van der Waals surface area contributed by atoms with E-state index in [4.69, 9.17) is 18.7 Å². The van der Waals surface area contributed by atoms with Gasteiger partial charge in [0.1, 0.15) is 18.8 Å². The number of esters is 1. The fourth-order valence-corrected chi connectivity index (χ4v) is 3.09. The Balaban J connectivity index is 1.25. The number of hydrogen-bond acceptors (Lipinski definition) is 8. The van der Waals surface area contributed by atoms with Gasteiger partial charge in [0.25, 0.3) is 5.91 Å². The smallest absolute Gasteiger partial charge is 0.325 e. The predicted molar refractivity (Wildman–Crippen MR) is 94.5 cm³/mol. The van der Waals surface area contributed by atoms with Gasteiger partial charge >= 0.3 is 5.97 Å². The number of rotatable bonds is 6. The van der Waals surface area contributed by atoms with Crippen LogP contribution in [0.25, 0.3) is 10.6 Å². The summed E-state index contributed by atoms with van der Waals surface area (Å²) in [6.45, 7) is -0.167. The van der Waals surface area contributed by atoms with Crippen LogP contribution >= 0.6 is 11.3 Å². The quantitative estimate of drug-likeness (QED) is 0.650. The van der Waals surface area contributed by atoms with Crippen molar-refractivity contribution in [2.75, 3.05) is 13.3 Å². The summed E-state index contributed by atoms with van der Waals surface area (Å²) in [6, 6.07) is 10.3. The van der Waals surface area contributed by atoms with E-state index in [0.29, 0.717) is 28.5 Å². The maximum absolute atomic E-state index is 12.1.